The Morgan fingerprint density at radius 1 is 1.43 bits per heavy atom. The third kappa shape index (κ3) is 4.04. The number of methoxy groups -OCH3 is 1. The summed E-state index contributed by atoms with van der Waals surface area (Å²) in [6.45, 7) is 2.65. The van der Waals surface area contributed by atoms with E-state index >= 15 is 0 Å². The van der Waals surface area contributed by atoms with E-state index in [2.05, 4.69) is 0 Å². The Morgan fingerprint density at radius 3 is 2.93 bits per heavy atom. The summed E-state index contributed by atoms with van der Waals surface area (Å²) in [5.74, 6) is 0. The fraction of sp³-hybridized carbons (Fsp3) is 0.667. The summed E-state index contributed by atoms with van der Waals surface area (Å²) >= 11 is 1.22. The molecule has 0 aromatic carbocycles. The molecular weight excluding hydrogens is 202 g/mol. The molecule has 1 aromatic rings. The molecule has 0 aliphatic carbocycles. The monoisotopic (exact) mass is 217 g/mol. The van der Waals surface area contributed by atoms with E-state index in [0.717, 1.165) is 13.0 Å². The number of aryl methyl sites for hydroxylation is 1. The van der Waals surface area contributed by atoms with E-state index in [-0.39, 0.29) is 4.87 Å². The molecule has 1 rings (SSSR count). The lowest BCUT2D eigenvalue weighted by Crippen LogP contribution is -2.13. The van der Waals surface area contributed by atoms with E-state index in [1.807, 2.05) is 6.20 Å². The third-order valence-corrected chi connectivity index (χ3v) is 2.46. The first-order valence-corrected chi connectivity index (χ1v) is 5.43. The summed E-state index contributed by atoms with van der Waals surface area (Å²) in [5, 5.41) is 1.80. The van der Waals surface area contributed by atoms with Crippen molar-refractivity contribution in [3.63, 3.8) is 0 Å². The fourth-order valence-corrected chi connectivity index (χ4v) is 1.65. The van der Waals surface area contributed by atoms with Crippen LogP contribution in [0.15, 0.2) is 16.4 Å². The van der Waals surface area contributed by atoms with Gasteiger partial charge in [0.25, 0.3) is 0 Å². The normalized spacial score (nSPS) is 10.6. The summed E-state index contributed by atoms with van der Waals surface area (Å²) < 4.78 is 11.8. The molecule has 0 N–H and O–H groups in total. The Hall–Kier alpha value is -0.650. The minimum atomic E-state index is 0.0990. The van der Waals surface area contributed by atoms with Crippen molar-refractivity contribution in [3.05, 3.63) is 21.2 Å². The van der Waals surface area contributed by atoms with Crippen molar-refractivity contribution in [3.8, 4) is 0 Å². The van der Waals surface area contributed by atoms with Crippen molar-refractivity contribution < 1.29 is 9.47 Å². The summed E-state index contributed by atoms with van der Waals surface area (Å²) in [6, 6.07) is 0. The summed E-state index contributed by atoms with van der Waals surface area (Å²) in [6.07, 6.45) is 2.67. The summed E-state index contributed by atoms with van der Waals surface area (Å²) in [5.41, 5.74) is 0. The van der Waals surface area contributed by atoms with Crippen LogP contribution in [0.25, 0.3) is 0 Å². The Labute approximate surface area is 87.1 Å². The Kier molecular flexibility index (Phi) is 5.51. The van der Waals surface area contributed by atoms with Crippen LogP contribution in [0.5, 0.6) is 0 Å². The van der Waals surface area contributed by atoms with Gasteiger partial charge in [0, 0.05) is 31.8 Å². The number of hydrogen-bond acceptors (Lipinski definition) is 4. The van der Waals surface area contributed by atoms with E-state index in [9.17, 15) is 4.79 Å². The molecule has 0 aliphatic rings. The number of thiazole rings is 1. The molecule has 14 heavy (non-hydrogen) atoms. The Morgan fingerprint density at radius 2 is 2.29 bits per heavy atom. The van der Waals surface area contributed by atoms with Crippen LogP contribution in [0.4, 0.5) is 0 Å². The molecule has 0 bridgehead atoms. The van der Waals surface area contributed by atoms with Crippen LogP contribution in [-0.4, -0.2) is 31.5 Å². The highest BCUT2D eigenvalue weighted by molar-refractivity contribution is 7.07. The Bertz CT molecular complexity index is 294. The number of rotatable bonds is 7. The van der Waals surface area contributed by atoms with Crippen molar-refractivity contribution in [2.24, 2.45) is 0 Å². The molecule has 0 atom stereocenters. The average molecular weight is 217 g/mol. The Balaban J connectivity index is 2.05. The minimum absolute atomic E-state index is 0.0990. The first-order chi connectivity index (χ1) is 6.84. The maximum absolute atomic E-state index is 11.1. The van der Waals surface area contributed by atoms with Crippen LogP contribution in [0, 0.1) is 0 Å². The SMILES string of the molecule is COCCOCCCn1ccsc1=O. The first-order valence-electron chi connectivity index (χ1n) is 4.55. The van der Waals surface area contributed by atoms with E-state index in [1.165, 1.54) is 11.3 Å². The van der Waals surface area contributed by atoms with Gasteiger partial charge in [-0.1, -0.05) is 11.3 Å². The molecule has 0 saturated heterocycles. The second-order valence-electron chi connectivity index (χ2n) is 2.82. The van der Waals surface area contributed by atoms with Gasteiger partial charge in [0.15, 0.2) is 0 Å². The highest BCUT2D eigenvalue weighted by atomic mass is 32.1. The molecule has 5 heteroatoms. The maximum atomic E-state index is 11.1. The second-order valence-corrected chi connectivity index (χ2v) is 3.68. The van der Waals surface area contributed by atoms with Gasteiger partial charge in [0.05, 0.1) is 13.2 Å². The first kappa shape index (κ1) is 11.4. The van der Waals surface area contributed by atoms with Gasteiger partial charge in [-0.05, 0) is 6.42 Å². The number of ether oxygens (including phenoxy) is 2. The van der Waals surface area contributed by atoms with Gasteiger partial charge in [-0.3, -0.25) is 4.79 Å². The van der Waals surface area contributed by atoms with Gasteiger partial charge in [-0.15, -0.1) is 0 Å². The fourth-order valence-electron chi connectivity index (χ4n) is 1.04. The lowest BCUT2D eigenvalue weighted by atomic mass is 10.4. The standard InChI is InChI=1S/C9H15NO3S/c1-12-6-7-13-5-2-3-10-4-8-14-9(10)11/h4,8H,2-3,5-7H2,1H3. The lowest BCUT2D eigenvalue weighted by molar-refractivity contribution is 0.0680. The van der Waals surface area contributed by atoms with Crippen molar-refractivity contribution in [2.75, 3.05) is 26.9 Å². The number of aromatic nitrogens is 1. The van der Waals surface area contributed by atoms with Crippen LogP contribution in [0.1, 0.15) is 6.42 Å². The van der Waals surface area contributed by atoms with Gasteiger partial charge in [0.1, 0.15) is 0 Å². The zero-order valence-electron chi connectivity index (χ0n) is 8.27. The minimum Gasteiger partial charge on any atom is -0.382 e. The zero-order valence-corrected chi connectivity index (χ0v) is 9.09. The molecule has 1 heterocycles. The van der Waals surface area contributed by atoms with Crippen LogP contribution in [0.2, 0.25) is 0 Å². The molecule has 0 saturated carbocycles. The van der Waals surface area contributed by atoms with Crippen LogP contribution in [-0.2, 0) is 16.0 Å². The van der Waals surface area contributed by atoms with Gasteiger partial charge in [0.2, 0.25) is 0 Å². The highest BCUT2D eigenvalue weighted by Gasteiger charge is 1.95. The second kappa shape index (κ2) is 6.75. The molecule has 0 fully saturated rings. The van der Waals surface area contributed by atoms with Crippen molar-refractivity contribution in [2.45, 2.75) is 13.0 Å². The predicted molar refractivity (Wildman–Crippen MR) is 55.9 cm³/mol. The van der Waals surface area contributed by atoms with Crippen LogP contribution < -0.4 is 4.87 Å². The average Bonchev–Trinajstić information content (AvgIpc) is 2.58. The van der Waals surface area contributed by atoms with Crippen molar-refractivity contribution >= 4 is 11.3 Å². The third-order valence-electron chi connectivity index (χ3n) is 1.76. The largest absolute Gasteiger partial charge is 0.382 e. The van der Waals surface area contributed by atoms with E-state index in [0.29, 0.717) is 19.8 Å². The lowest BCUT2D eigenvalue weighted by Gasteiger charge is -2.03. The molecule has 1 aromatic heterocycles. The van der Waals surface area contributed by atoms with Gasteiger partial charge in [-0.25, -0.2) is 0 Å². The molecule has 0 spiro atoms. The number of hydrogen-bond donors (Lipinski definition) is 0. The van der Waals surface area contributed by atoms with E-state index in [1.54, 1.807) is 17.1 Å². The molecular formula is C9H15NO3S. The summed E-state index contributed by atoms with van der Waals surface area (Å²) in [7, 11) is 1.65. The van der Waals surface area contributed by atoms with Crippen molar-refractivity contribution in [1.29, 1.82) is 0 Å². The van der Waals surface area contributed by atoms with Crippen LogP contribution in [0.3, 0.4) is 0 Å². The van der Waals surface area contributed by atoms with Gasteiger partial charge >= 0.3 is 4.87 Å². The van der Waals surface area contributed by atoms with E-state index in [4.69, 9.17) is 9.47 Å². The van der Waals surface area contributed by atoms with Crippen LogP contribution >= 0.6 is 11.3 Å². The molecule has 0 unspecified atom stereocenters. The predicted octanol–water partition coefficient (Wildman–Crippen LogP) is 0.963. The van der Waals surface area contributed by atoms with Crippen molar-refractivity contribution in [1.82, 2.24) is 4.57 Å². The molecule has 4 nitrogen and oxygen atoms in total. The van der Waals surface area contributed by atoms with Gasteiger partial charge in [-0.2, -0.15) is 0 Å². The van der Waals surface area contributed by atoms with E-state index < -0.39 is 0 Å². The smallest absolute Gasteiger partial charge is 0.307 e. The topological polar surface area (TPSA) is 40.5 Å². The molecule has 0 amide bonds. The highest BCUT2D eigenvalue weighted by Crippen LogP contribution is 1.92. The molecule has 80 valence electrons. The molecule has 0 aliphatic heterocycles. The zero-order chi connectivity index (χ0) is 10.2. The quantitative estimate of drug-likeness (QED) is 0.639. The summed E-state index contributed by atoms with van der Waals surface area (Å²) in [4.78, 5) is 11.2. The van der Waals surface area contributed by atoms with Gasteiger partial charge < -0.3 is 14.0 Å². The maximum Gasteiger partial charge on any atom is 0.307 e. The number of nitrogens with zero attached hydrogens (tertiary/aromatic N) is 1. The molecule has 0 radical (unpaired) electrons.